The van der Waals surface area contributed by atoms with Crippen molar-refractivity contribution in [1.82, 2.24) is 19.1 Å². The Morgan fingerprint density at radius 2 is 1.79 bits per heavy atom. The van der Waals surface area contributed by atoms with Crippen LogP contribution in [0.15, 0.2) is 60.7 Å². The summed E-state index contributed by atoms with van der Waals surface area (Å²) in [4.78, 5) is 15.5. The zero-order valence-electron chi connectivity index (χ0n) is 24.4. The van der Waals surface area contributed by atoms with Gasteiger partial charge in [-0.2, -0.15) is 9.40 Å². The molecule has 0 bridgehead atoms. The fraction of sp³-hybridized carbons (Fsp3) is 0.312. The maximum atomic E-state index is 12.8. The maximum absolute atomic E-state index is 12.8. The first-order valence-electron chi connectivity index (χ1n) is 14.1. The number of aromatic nitrogens is 3. The topological polar surface area (TPSA) is 118 Å². The van der Waals surface area contributed by atoms with Gasteiger partial charge < -0.3 is 14.8 Å². The van der Waals surface area contributed by atoms with Crippen LogP contribution in [0.3, 0.4) is 0 Å². The molecule has 0 fully saturated rings. The number of rotatable bonds is 13. The van der Waals surface area contributed by atoms with Gasteiger partial charge in [0.15, 0.2) is 0 Å². The number of alkyl halides is 1. The van der Waals surface area contributed by atoms with Gasteiger partial charge in [0.2, 0.25) is 10.0 Å². The molecule has 11 heteroatoms. The van der Waals surface area contributed by atoms with E-state index in [1.54, 1.807) is 4.68 Å². The van der Waals surface area contributed by atoms with Gasteiger partial charge in [0.1, 0.15) is 11.4 Å². The molecule has 0 unspecified atom stereocenters. The molecule has 2 heterocycles. The van der Waals surface area contributed by atoms with Crippen LogP contribution in [0.2, 0.25) is 0 Å². The molecule has 0 aliphatic rings. The molecule has 0 spiro atoms. The number of hydrogen-bond donors (Lipinski definition) is 2. The van der Waals surface area contributed by atoms with Gasteiger partial charge in [-0.25, -0.2) is 13.2 Å². The molecule has 0 saturated heterocycles. The average Bonchev–Trinajstić information content (AvgIpc) is 3.50. The van der Waals surface area contributed by atoms with Gasteiger partial charge in [0.25, 0.3) is 0 Å². The van der Waals surface area contributed by atoms with E-state index in [1.165, 1.54) is 11.4 Å². The molecular weight excluding hydrogens is 588 g/mol. The lowest BCUT2D eigenvalue weighted by Crippen LogP contribution is -2.29. The molecule has 5 rings (SSSR count). The Bertz CT molecular complexity index is 1890. The number of aryl methyl sites for hydroxylation is 2. The highest BCUT2D eigenvalue weighted by Crippen LogP contribution is 2.36. The molecule has 2 N–H and O–H groups in total. The van der Waals surface area contributed by atoms with E-state index in [-0.39, 0.29) is 23.9 Å². The number of aromatic amines is 1. The highest BCUT2D eigenvalue weighted by Gasteiger charge is 2.25. The number of aromatic carboxylic acids is 1. The van der Waals surface area contributed by atoms with Crippen molar-refractivity contribution >= 4 is 49.3 Å². The van der Waals surface area contributed by atoms with E-state index in [2.05, 4.69) is 10.1 Å². The Morgan fingerprint density at radius 3 is 2.56 bits per heavy atom. The van der Waals surface area contributed by atoms with E-state index in [4.69, 9.17) is 16.3 Å². The van der Waals surface area contributed by atoms with Crippen molar-refractivity contribution in [2.75, 3.05) is 25.3 Å². The Morgan fingerprint density at radius 1 is 1.07 bits per heavy atom. The van der Waals surface area contributed by atoms with E-state index in [1.807, 2.05) is 74.6 Å². The van der Waals surface area contributed by atoms with E-state index in [0.717, 1.165) is 38.7 Å². The minimum absolute atomic E-state index is 0.0457. The molecule has 2 aromatic heterocycles. The standard InChI is InChI=1S/C32H35ClN4O5S/c1-21-29(27(35-37(21)3)20-36(2)43(40,41)19-9-17-33)26-14-7-13-24-25(31(32(38)39)34-30(24)26)15-8-18-42-28-16-6-11-22-10-4-5-12-23(22)28/h4-7,10-14,16,34H,8-9,15,17-20H2,1-3H3,(H,38,39). The summed E-state index contributed by atoms with van der Waals surface area (Å²) in [5, 5.41) is 17.7. The van der Waals surface area contributed by atoms with Crippen molar-refractivity contribution in [1.29, 1.82) is 0 Å². The van der Waals surface area contributed by atoms with Gasteiger partial charge in [0.05, 0.1) is 30.1 Å². The van der Waals surface area contributed by atoms with Crippen LogP contribution < -0.4 is 4.74 Å². The van der Waals surface area contributed by atoms with Crippen molar-refractivity contribution in [3.8, 4) is 16.9 Å². The van der Waals surface area contributed by atoms with Gasteiger partial charge in [-0.15, -0.1) is 11.6 Å². The minimum Gasteiger partial charge on any atom is -0.493 e. The number of carboxylic acid groups (broad SMARTS) is 1. The number of ether oxygens (including phenoxy) is 1. The van der Waals surface area contributed by atoms with E-state index in [0.29, 0.717) is 42.6 Å². The van der Waals surface area contributed by atoms with Gasteiger partial charge in [-0.05, 0) is 43.2 Å². The molecule has 0 aliphatic carbocycles. The van der Waals surface area contributed by atoms with Crippen LogP contribution in [0.4, 0.5) is 0 Å². The number of benzene rings is 3. The Hall–Kier alpha value is -3.86. The van der Waals surface area contributed by atoms with Gasteiger partial charge in [0, 0.05) is 47.6 Å². The van der Waals surface area contributed by atoms with Crippen LogP contribution in [-0.2, 0) is 30.0 Å². The minimum atomic E-state index is -3.52. The summed E-state index contributed by atoms with van der Waals surface area (Å²) >= 11 is 5.73. The molecule has 0 aliphatic heterocycles. The molecule has 9 nitrogen and oxygen atoms in total. The van der Waals surface area contributed by atoms with Gasteiger partial charge in [-0.3, -0.25) is 4.68 Å². The normalized spacial score (nSPS) is 12.0. The number of nitrogens with zero attached hydrogens (tertiary/aromatic N) is 3. The summed E-state index contributed by atoms with van der Waals surface area (Å²) in [5.74, 6) is -0.0256. The van der Waals surface area contributed by atoms with Crippen molar-refractivity contribution < 1.29 is 23.1 Å². The summed E-state index contributed by atoms with van der Waals surface area (Å²) in [6, 6.07) is 19.7. The predicted molar refractivity (Wildman–Crippen MR) is 171 cm³/mol. The number of H-pyrrole nitrogens is 1. The lowest BCUT2D eigenvalue weighted by atomic mass is 9.98. The molecule has 0 amide bonds. The van der Waals surface area contributed by atoms with Gasteiger partial charge in [-0.1, -0.05) is 54.6 Å². The fourth-order valence-electron chi connectivity index (χ4n) is 5.52. The van der Waals surface area contributed by atoms with Crippen LogP contribution in [0.1, 0.15) is 40.3 Å². The molecule has 3 aromatic carbocycles. The summed E-state index contributed by atoms with van der Waals surface area (Å²) in [6.07, 6.45) is 1.47. The highest BCUT2D eigenvalue weighted by molar-refractivity contribution is 7.89. The summed E-state index contributed by atoms with van der Waals surface area (Å²) in [5.41, 5.74) is 4.48. The Kier molecular flexibility index (Phi) is 9.10. The highest BCUT2D eigenvalue weighted by atomic mass is 35.5. The lowest BCUT2D eigenvalue weighted by molar-refractivity contribution is 0.0690. The van der Waals surface area contributed by atoms with E-state index in [9.17, 15) is 18.3 Å². The second-order valence-electron chi connectivity index (χ2n) is 10.6. The van der Waals surface area contributed by atoms with Crippen molar-refractivity contribution in [3.63, 3.8) is 0 Å². The van der Waals surface area contributed by atoms with Crippen LogP contribution in [0.25, 0.3) is 32.8 Å². The number of hydrogen-bond acceptors (Lipinski definition) is 5. The van der Waals surface area contributed by atoms with Crippen LogP contribution >= 0.6 is 11.6 Å². The van der Waals surface area contributed by atoms with E-state index >= 15 is 0 Å². The number of carbonyl (C=O) groups is 1. The van der Waals surface area contributed by atoms with Crippen LogP contribution in [0.5, 0.6) is 5.75 Å². The first kappa shape index (κ1) is 30.6. The molecule has 0 atom stereocenters. The van der Waals surface area contributed by atoms with Crippen LogP contribution in [-0.4, -0.2) is 63.9 Å². The van der Waals surface area contributed by atoms with Crippen molar-refractivity contribution in [3.05, 3.63) is 83.3 Å². The third-order valence-electron chi connectivity index (χ3n) is 7.79. The quantitative estimate of drug-likeness (QED) is 0.120. The molecular formula is C32H35ClN4O5S. The molecule has 226 valence electrons. The SMILES string of the molecule is Cc1c(-c2cccc3c(CCCOc4cccc5ccccc45)c(C(=O)O)[nH]c23)c(CN(C)S(=O)(=O)CCCCl)nn1C. The van der Waals surface area contributed by atoms with Crippen molar-refractivity contribution in [2.45, 2.75) is 32.7 Å². The number of sulfonamides is 1. The summed E-state index contributed by atoms with van der Waals surface area (Å²) in [6.45, 7) is 2.41. The first-order chi connectivity index (χ1) is 20.6. The molecule has 0 radical (unpaired) electrons. The fourth-order valence-corrected chi connectivity index (χ4v) is 6.95. The Balaban J connectivity index is 1.44. The molecule has 0 saturated carbocycles. The number of nitrogens with one attached hydrogen (secondary N) is 1. The second kappa shape index (κ2) is 12.8. The summed E-state index contributed by atoms with van der Waals surface area (Å²) < 4.78 is 34.7. The third-order valence-corrected chi connectivity index (χ3v) is 9.94. The monoisotopic (exact) mass is 622 g/mol. The van der Waals surface area contributed by atoms with E-state index < -0.39 is 16.0 Å². The number of carboxylic acids is 1. The zero-order valence-corrected chi connectivity index (χ0v) is 26.0. The van der Waals surface area contributed by atoms with Gasteiger partial charge >= 0.3 is 5.97 Å². The Labute approximate surface area is 256 Å². The third kappa shape index (κ3) is 6.27. The van der Waals surface area contributed by atoms with Crippen LogP contribution in [0, 0.1) is 6.92 Å². The summed E-state index contributed by atoms with van der Waals surface area (Å²) in [7, 11) is -0.178. The first-order valence-corrected chi connectivity index (χ1v) is 16.3. The molecule has 43 heavy (non-hydrogen) atoms. The number of halogens is 1. The average molecular weight is 623 g/mol. The largest absolute Gasteiger partial charge is 0.493 e. The predicted octanol–water partition coefficient (Wildman–Crippen LogP) is 6.13. The second-order valence-corrected chi connectivity index (χ2v) is 13.2. The smallest absolute Gasteiger partial charge is 0.352 e. The molecule has 5 aromatic rings. The van der Waals surface area contributed by atoms with Crippen molar-refractivity contribution in [2.24, 2.45) is 7.05 Å². The number of para-hydroxylation sites is 1. The number of fused-ring (bicyclic) bond motifs is 2. The zero-order chi connectivity index (χ0) is 30.7. The maximum Gasteiger partial charge on any atom is 0.352 e. The lowest BCUT2D eigenvalue weighted by Gasteiger charge is -2.17.